The van der Waals surface area contributed by atoms with Crippen molar-refractivity contribution >= 4 is 41.9 Å². The first kappa shape index (κ1) is 22.0. The second-order valence-electron chi connectivity index (χ2n) is 8.10. The highest BCUT2D eigenvalue weighted by Crippen LogP contribution is 2.30. The number of hydrogen-bond donors (Lipinski definition) is 3. The maximum atomic E-state index is 12.1. The molecule has 1 atom stereocenters. The Morgan fingerprint density at radius 1 is 1.32 bits per heavy atom. The average Bonchev–Trinajstić information content (AvgIpc) is 2.76. The Labute approximate surface area is 167 Å². The number of nitrogens with one attached hydrogen (secondary N) is 3. The van der Waals surface area contributed by atoms with Crippen LogP contribution >= 0.6 is 24.0 Å². The fraction of sp³-hybridized carbons (Fsp3) is 0.824. The smallest absolute Gasteiger partial charge is 0.322 e. The van der Waals surface area contributed by atoms with Crippen molar-refractivity contribution in [1.82, 2.24) is 20.9 Å². The highest BCUT2D eigenvalue weighted by atomic mass is 127. The number of guanidine groups is 1. The van der Waals surface area contributed by atoms with Crippen molar-refractivity contribution in [1.29, 1.82) is 0 Å². The summed E-state index contributed by atoms with van der Waals surface area (Å²) in [5.74, 6) is 0.876. The minimum absolute atomic E-state index is 0. The van der Waals surface area contributed by atoms with Gasteiger partial charge in [0.25, 0.3) is 5.91 Å². The molecule has 0 spiro atoms. The minimum atomic E-state index is -0.788. The molecule has 2 aliphatic heterocycles. The second-order valence-corrected chi connectivity index (χ2v) is 8.10. The van der Waals surface area contributed by atoms with E-state index in [4.69, 9.17) is 4.99 Å². The molecule has 1 unspecified atom stereocenters. The van der Waals surface area contributed by atoms with E-state index in [0.717, 1.165) is 45.0 Å². The predicted molar refractivity (Wildman–Crippen MR) is 110 cm³/mol. The lowest BCUT2D eigenvalue weighted by Crippen LogP contribution is -2.55. The van der Waals surface area contributed by atoms with Gasteiger partial charge < -0.3 is 15.5 Å². The Morgan fingerprint density at radius 2 is 1.92 bits per heavy atom. The average molecular weight is 465 g/mol. The van der Waals surface area contributed by atoms with Crippen molar-refractivity contribution in [2.75, 3.05) is 26.2 Å². The van der Waals surface area contributed by atoms with Gasteiger partial charge in [-0.3, -0.25) is 15.1 Å². The van der Waals surface area contributed by atoms with Crippen molar-refractivity contribution in [3.63, 3.8) is 0 Å². The van der Waals surface area contributed by atoms with Crippen LogP contribution in [0.25, 0.3) is 0 Å². The molecule has 0 aromatic carbocycles. The molecule has 3 N–H and O–H groups in total. The van der Waals surface area contributed by atoms with E-state index in [1.54, 1.807) is 0 Å². The molecular formula is C17H32IN5O2. The Hall–Kier alpha value is -1.06. The molecule has 0 aromatic rings. The van der Waals surface area contributed by atoms with Crippen LogP contribution in [0, 0.1) is 11.3 Å². The van der Waals surface area contributed by atoms with Crippen LogP contribution in [-0.4, -0.2) is 54.5 Å². The van der Waals surface area contributed by atoms with Gasteiger partial charge in [-0.1, -0.05) is 20.8 Å². The lowest BCUT2D eigenvalue weighted by molar-refractivity contribution is -0.125. The van der Waals surface area contributed by atoms with Crippen LogP contribution in [0.1, 0.15) is 47.5 Å². The van der Waals surface area contributed by atoms with Crippen molar-refractivity contribution in [2.24, 2.45) is 16.3 Å². The van der Waals surface area contributed by atoms with Gasteiger partial charge in [0.05, 0.1) is 0 Å². The standard InChI is InChI=1S/C17H31N5O2.HI/c1-6-18-14(19-11-16(2,3)4)22-9-7-12(8-10-22)17(5)13(23)20-15(24)21-17;/h12H,6-11H2,1-5H3,(H,18,19)(H2,20,21,23,24);1H. The number of carbonyl (C=O) groups excluding carboxylic acids is 2. The highest BCUT2D eigenvalue weighted by molar-refractivity contribution is 14.0. The molecule has 7 nitrogen and oxygen atoms in total. The zero-order valence-corrected chi connectivity index (χ0v) is 18.3. The number of nitrogens with zero attached hydrogens (tertiary/aromatic N) is 2. The summed E-state index contributed by atoms with van der Waals surface area (Å²) < 4.78 is 0. The molecule has 144 valence electrons. The summed E-state index contributed by atoms with van der Waals surface area (Å²) in [5, 5.41) is 8.52. The van der Waals surface area contributed by atoms with E-state index >= 15 is 0 Å². The van der Waals surface area contributed by atoms with Gasteiger partial charge in [-0.05, 0) is 38.0 Å². The van der Waals surface area contributed by atoms with Crippen LogP contribution in [0.5, 0.6) is 0 Å². The van der Waals surface area contributed by atoms with Crippen molar-refractivity contribution in [3.8, 4) is 0 Å². The maximum absolute atomic E-state index is 12.1. The van der Waals surface area contributed by atoms with Crippen LogP contribution < -0.4 is 16.0 Å². The Kier molecular flexibility index (Phi) is 7.52. The van der Waals surface area contributed by atoms with Crippen LogP contribution in [0.2, 0.25) is 0 Å². The van der Waals surface area contributed by atoms with Crippen LogP contribution in [-0.2, 0) is 4.79 Å². The Morgan fingerprint density at radius 3 is 2.36 bits per heavy atom. The first-order chi connectivity index (χ1) is 11.2. The number of amides is 3. The number of rotatable bonds is 3. The molecule has 2 heterocycles. The van der Waals surface area contributed by atoms with E-state index in [-0.39, 0.29) is 47.2 Å². The first-order valence-corrected chi connectivity index (χ1v) is 8.82. The van der Waals surface area contributed by atoms with Crippen molar-refractivity contribution in [3.05, 3.63) is 0 Å². The number of hydrogen-bond acceptors (Lipinski definition) is 3. The molecule has 0 bridgehead atoms. The summed E-state index contributed by atoms with van der Waals surface area (Å²) in [6, 6.07) is -0.384. The SMILES string of the molecule is CCNC(=NCC(C)(C)C)N1CCC(C2(C)NC(=O)NC2=O)CC1.I. The van der Waals surface area contributed by atoms with Gasteiger partial charge in [0.1, 0.15) is 5.54 Å². The predicted octanol–water partition coefficient (Wildman–Crippen LogP) is 1.93. The summed E-state index contributed by atoms with van der Waals surface area (Å²) in [4.78, 5) is 30.6. The first-order valence-electron chi connectivity index (χ1n) is 8.82. The van der Waals surface area contributed by atoms with Gasteiger partial charge in [0.15, 0.2) is 5.96 Å². The van der Waals surface area contributed by atoms with Crippen molar-refractivity contribution in [2.45, 2.75) is 53.0 Å². The zero-order valence-electron chi connectivity index (χ0n) is 15.9. The number of imide groups is 1. The summed E-state index contributed by atoms with van der Waals surface area (Å²) in [6.07, 6.45) is 1.70. The van der Waals surface area contributed by atoms with E-state index < -0.39 is 5.54 Å². The summed E-state index contributed by atoms with van der Waals surface area (Å²) in [6.45, 7) is 13.7. The molecule has 0 saturated carbocycles. The molecule has 2 fully saturated rings. The number of aliphatic imine (C=N–C) groups is 1. The summed E-state index contributed by atoms with van der Waals surface area (Å²) in [7, 11) is 0. The number of halogens is 1. The third kappa shape index (κ3) is 5.46. The molecule has 0 aromatic heterocycles. The van der Waals surface area contributed by atoms with E-state index in [1.807, 2.05) is 6.92 Å². The zero-order chi connectivity index (χ0) is 18.0. The quantitative estimate of drug-likeness (QED) is 0.257. The normalized spacial score (nSPS) is 25.3. The molecular weight excluding hydrogens is 433 g/mol. The van der Waals surface area contributed by atoms with Gasteiger partial charge in [0.2, 0.25) is 0 Å². The number of likely N-dealkylation sites (tertiary alicyclic amines) is 1. The molecule has 8 heteroatoms. The molecule has 0 aliphatic carbocycles. The van der Waals surface area contributed by atoms with E-state index in [9.17, 15) is 9.59 Å². The third-order valence-electron chi connectivity index (χ3n) is 4.72. The van der Waals surface area contributed by atoms with Gasteiger partial charge in [-0.15, -0.1) is 24.0 Å². The van der Waals surface area contributed by atoms with Gasteiger partial charge in [-0.2, -0.15) is 0 Å². The van der Waals surface area contributed by atoms with Gasteiger partial charge in [-0.25, -0.2) is 4.79 Å². The highest BCUT2D eigenvalue weighted by Gasteiger charge is 2.48. The third-order valence-corrected chi connectivity index (χ3v) is 4.72. The van der Waals surface area contributed by atoms with Crippen molar-refractivity contribution < 1.29 is 9.59 Å². The Bertz CT molecular complexity index is 524. The summed E-state index contributed by atoms with van der Waals surface area (Å²) in [5.41, 5.74) is -0.636. The molecule has 2 aliphatic rings. The second kappa shape index (κ2) is 8.55. The number of carbonyl (C=O) groups is 2. The van der Waals surface area contributed by atoms with Gasteiger partial charge in [0, 0.05) is 26.2 Å². The van der Waals surface area contributed by atoms with E-state index in [0.29, 0.717) is 0 Å². The van der Waals surface area contributed by atoms with E-state index in [1.165, 1.54) is 0 Å². The largest absolute Gasteiger partial charge is 0.357 e. The monoisotopic (exact) mass is 465 g/mol. The van der Waals surface area contributed by atoms with Crippen LogP contribution in [0.3, 0.4) is 0 Å². The molecule has 25 heavy (non-hydrogen) atoms. The number of piperidine rings is 1. The lowest BCUT2D eigenvalue weighted by atomic mass is 9.79. The topological polar surface area (TPSA) is 85.8 Å². The fourth-order valence-corrected chi connectivity index (χ4v) is 3.25. The molecule has 0 radical (unpaired) electrons. The molecule has 2 saturated heterocycles. The lowest BCUT2D eigenvalue weighted by Gasteiger charge is -2.40. The van der Waals surface area contributed by atoms with Gasteiger partial charge >= 0.3 is 6.03 Å². The summed E-state index contributed by atoms with van der Waals surface area (Å²) >= 11 is 0. The van der Waals surface area contributed by atoms with Crippen LogP contribution in [0.15, 0.2) is 4.99 Å². The van der Waals surface area contributed by atoms with Crippen LogP contribution in [0.4, 0.5) is 4.79 Å². The minimum Gasteiger partial charge on any atom is -0.357 e. The molecule has 3 amide bonds. The molecule has 2 rings (SSSR count). The fourth-order valence-electron chi connectivity index (χ4n) is 3.25. The Balaban J connectivity index is 0.00000312. The number of urea groups is 1. The maximum Gasteiger partial charge on any atom is 0.322 e. The van der Waals surface area contributed by atoms with E-state index in [2.05, 4.69) is 48.5 Å².